The molecule has 0 N–H and O–H groups in total. The second-order valence-corrected chi connectivity index (χ2v) is 4.98. The van der Waals surface area contributed by atoms with Crippen LogP contribution in [0.25, 0.3) is 16.1 Å². The van der Waals surface area contributed by atoms with Crippen molar-refractivity contribution < 1.29 is 4.52 Å². The minimum absolute atomic E-state index is 0.947. The maximum Gasteiger partial charge on any atom is 0.163 e. The highest BCUT2D eigenvalue weighted by molar-refractivity contribution is 7.13. The molecule has 0 aromatic carbocycles. The van der Waals surface area contributed by atoms with Gasteiger partial charge in [-0.15, -0.1) is 11.3 Å². The van der Waals surface area contributed by atoms with Crippen LogP contribution in [-0.2, 0) is 0 Å². The zero-order chi connectivity index (χ0) is 10.8. The Morgan fingerprint density at radius 2 is 2.31 bits per heavy atom. The van der Waals surface area contributed by atoms with Gasteiger partial charge in [0.1, 0.15) is 5.69 Å². The Kier molecular flexibility index (Phi) is 2.62. The van der Waals surface area contributed by atoms with Crippen molar-refractivity contribution in [2.24, 2.45) is 0 Å². The van der Waals surface area contributed by atoms with E-state index in [1.807, 2.05) is 6.07 Å². The van der Waals surface area contributed by atoms with E-state index in [1.165, 1.54) is 29.7 Å². The highest BCUT2D eigenvalue weighted by atomic mass is 32.1. The predicted molar refractivity (Wildman–Crippen MR) is 66.3 cm³/mol. The van der Waals surface area contributed by atoms with Crippen molar-refractivity contribution >= 4 is 16.9 Å². The van der Waals surface area contributed by atoms with Crippen LogP contribution in [0.1, 0.15) is 31.4 Å². The zero-order valence-corrected chi connectivity index (χ0v) is 9.80. The Morgan fingerprint density at radius 3 is 3.06 bits per heavy atom. The van der Waals surface area contributed by atoms with Gasteiger partial charge in [-0.25, -0.2) is 0 Å². The molecule has 0 saturated heterocycles. The van der Waals surface area contributed by atoms with Gasteiger partial charge in [0.2, 0.25) is 0 Å². The van der Waals surface area contributed by atoms with Crippen LogP contribution < -0.4 is 0 Å². The Bertz CT molecular complexity index is 496. The summed E-state index contributed by atoms with van der Waals surface area (Å²) in [4.78, 5) is 1.17. The number of hydrogen-bond acceptors (Lipinski definition) is 3. The molecule has 1 aliphatic carbocycles. The number of nitrogens with zero attached hydrogens (tertiary/aromatic N) is 1. The molecule has 3 rings (SSSR count). The predicted octanol–water partition coefficient (Wildman–Crippen LogP) is 4.36. The van der Waals surface area contributed by atoms with Gasteiger partial charge >= 0.3 is 0 Å². The fourth-order valence-electron chi connectivity index (χ4n) is 2.03. The molecule has 16 heavy (non-hydrogen) atoms. The molecule has 0 fully saturated rings. The molecular weight excluding hydrogens is 218 g/mol. The monoisotopic (exact) mass is 231 g/mol. The Hall–Kier alpha value is -1.35. The highest BCUT2D eigenvalue weighted by Gasteiger charge is 2.13. The molecule has 3 heteroatoms. The molecule has 2 nitrogen and oxygen atoms in total. The van der Waals surface area contributed by atoms with E-state index in [9.17, 15) is 0 Å². The first kappa shape index (κ1) is 9.85. The van der Waals surface area contributed by atoms with Gasteiger partial charge in [0.05, 0.1) is 4.88 Å². The van der Waals surface area contributed by atoms with E-state index >= 15 is 0 Å². The van der Waals surface area contributed by atoms with E-state index < -0.39 is 0 Å². The van der Waals surface area contributed by atoms with Gasteiger partial charge in [0.15, 0.2) is 5.76 Å². The summed E-state index contributed by atoms with van der Waals surface area (Å²) in [5.41, 5.74) is 2.28. The molecule has 1 aliphatic rings. The molecule has 2 aromatic rings. The van der Waals surface area contributed by atoms with Gasteiger partial charge in [0.25, 0.3) is 0 Å². The van der Waals surface area contributed by atoms with Crippen molar-refractivity contribution in [1.29, 1.82) is 0 Å². The molecule has 0 saturated carbocycles. The highest BCUT2D eigenvalue weighted by Crippen LogP contribution is 2.30. The third-order valence-corrected chi connectivity index (χ3v) is 3.78. The van der Waals surface area contributed by atoms with E-state index in [0.29, 0.717) is 0 Å². The Morgan fingerprint density at radius 1 is 1.31 bits per heavy atom. The third-order valence-electron chi connectivity index (χ3n) is 2.89. The average Bonchev–Trinajstić information content (AvgIpc) is 3.01. The first-order valence-corrected chi connectivity index (χ1v) is 6.51. The van der Waals surface area contributed by atoms with Crippen molar-refractivity contribution in [3.05, 3.63) is 35.4 Å². The zero-order valence-electron chi connectivity index (χ0n) is 8.98. The maximum absolute atomic E-state index is 5.42. The van der Waals surface area contributed by atoms with Gasteiger partial charge in [-0.05, 0) is 42.7 Å². The Labute approximate surface area is 98.6 Å². The van der Waals surface area contributed by atoms with E-state index in [2.05, 4.69) is 28.7 Å². The van der Waals surface area contributed by atoms with Crippen LogP contribution in [0, 0.1) is 0 Å². The number of rotatable bonds is 2. The van der Waals surface area contributed by atoms with E-state index in [1.54, 1.807) is 11.3 Å². The van der Waals surface area contributed by atoms with Crippen molar-refractivity contribution in [3.63, 3.8) is 0 Å². The summed E-state index contributed by atoms with van der Waals surface area (Å²) in [6.45, 7) is 0. The number of hydrogen-bond donors (Lipinski definition) is 0. The number of thiophene rings is 1. The number of aromatic nitrogens is 1. The lowest BCUT2D eigenvalue weighted by molar-refractivity contribution is 0.410. The molecule has 0 spiro atoms. The molecule has 0 aliphatic heterocycles. The van der Waals surface area contributed by atoms with Crippen LogP contribution in [0.4, 0.5) is 0 Å². The fraction of sp³-hybridized carbons (Fsp3) is 0.308. The molecule has 0 atom stereocenters. The van der Waals surface area contributed by atoms with E-state index in [0.717, 1.165) is 17.9 Å². The van der Waals surface area contributed by atoms with Crippen LogP contribution in [0.5, 0.6) is 0 Å². The summed E-state index contributed by atoms with van der Waals surface area (Å²) >= 11 is 1.69. The summed E-state index contributed by atoms with van der Waals surface area (Å²) in [5, 5.41) is 6.19. The summed E-state index contributed by atoms with van der Waals surface area (Å²) < 4.78 is 5.42. The second kappa shape index (κ2) is 4.26. The van der Waals surface area contributed by atoms with E-state index in [-0.39, 0.29) is 0 Å². The van der Waals surface area contributed by atoms with Crippen molar-refractivity contribution in [3.8, 4) is 10.6 Å². The molecule has 0 amide bonds. The molecule has 82 valence electrons. The standard InChI is InChI=1S/C13H13NOS/c1-2-5-10(6-3-1)12-9-11(14-15-12)13-7-4-8-16-13/h4-5,7-9H,1-3,6H2. The third kappa shape index (κ3) is 1.83. The van der Waals surface area contributed by atoms with Crippen molar-refractivity contribution in [2.75, 3.05) is 0 Å². The normalized spacial score (nSPS) is 16.1. The smallest absolute Gasteiger partial charge is 0.163 e. The Balaban J connectivity index is 1.90. The van der Waals surface area contributed by atoms with Crippen LogP contribution in [0.3, 0.4) is 0 Å². The van der Waals surface area contributed by atoms with Crippen LogP contribution in [0.15, 0.2) is 34.2 Å². The minimum Gasteiger partial charge on any atom is -0.356 e. The largest absolute Gasteiger partial charge is 0.356 e. The summed E-state index contributed by atoms with van der Waals surface area (Å²) in [6, 6.07) is 6.17. The fourth-order valence-corrected chi connectivity index (χ4v) is 2.71. The lowest BCUT2D eigenvalue weighted by Gasteiger charge is -2.08. The lowest BCUT2D eigenvalue weighted by Crippen LogP contribution is -1.89. The average molecular weight is 231 g/mol. The van der Waals surface area contributed by atoms with Gasteiger partial charge < -0.3 is 4.52 Å². The molecule has 2 heterocycles. The first-order valence-electron chi connectivity index (χ1n) is 5.63. The van der Waals surface area contributed by atoms with Crippen molar-refractivity contribution in [1.82, 2.24) is 5.16 Å². The first-order chi connectivity index (χ1) is 7.93. The minimum atomic E-state index is 0.947. The second-order valence-electron chi connectivity index (χ2n) is 4.03. The van der Waals surface area contributed by atoms with Crippen LogP contribution in [0.2, 0.25) is 0 Å². The maximum atomic E-state index is 5.42. The molecular formula is C13H13NOS. The lowest BCUT2D eigenvalue weighted by atomic mass is 9.98. The summed E-state index contributed by atoms with van der Waals surface area (Å²) in [5.74, 6) is 0.947. The topological polar surface area (TPSA) is 26.0 Å². The quantitative estimate of drug-likeness (QED) is 0.767. The van der Waals surface area contributed by atoms with Gasteiger partial charge in [-0.2, -0.15) is 0 Å². The molecule has 0 bridgehead atoms. The summed E-state index contributed by atoms with van der Waals surface area (Å²) in [7, 11) is 0. The summed E-state index contributed by atoms with van der Waals surface area (Å²) in [6.07, 6.45) is 7.14. The van der Waals surface area contributed by atoms with Gasteiger partial charge in [-0.1, -0.05) is 17.3 Å². The SMILES string of the molecule is C1=C(c2cc(-c3cccs3)no2)CCCC1. The van der Waals surface area contributed by atoms with Gasteiger partial charge in [0, 0.05) is 6.07 Å². The van der Waals surface area contributed by atoms with Crippen LogP contribution >= 0.6 is 11.3 Å². The molecule has 0 radical (unpaired) electrons. The molecule has 2 aromatic heterocycles. The molecule has 0 unspecified atom stereocenters. The van der Waals surface area contributed by atoms with Crippen LogP contribution in [-0.4, -0.2) is 5.16 Å². The van der Waals surface area contributed by atoms with Gasteiger partial charge in [-0.3, -0.25) is 0 Å². The van der Waals surface area contributed by atoms with Crippen molar-refractivity contribution in [2.45, 2.75) is 25.7 Å². The van der Waals surface area contributed by atoms with E-state index in [4.69, 9.17) is 4.52 Å². The number of allylic oxidation sites excluding steroid dienone is 2.